The summed E-state index contributed by atoms with van der Waals surface area (Å²) in [5, 5.41) is 8.26. The molecule has 0 bridgehead atoms. The number of Topliss-reactive ketones (excluding diaryl/α,β-unsaturated/α-hetero) is 1. The third-order valence-electron chi connectivity index (χ3n) is 3.55. The van der Waals surface area contributed by atoms with Gasteiger partial charge in [-0.1, -0.05) is 0 Å². The SMILES string of the molecule is CCOCc1cnc(C)n(CC(=O)c2ccc(OC)cc2)c1=N.Cl. The maximum atomic E-state index is 12.4. The number of hydrogen-bond acceptors (Lipinski definition) is 5. The number of ether oxygens (including phenoxy) is 2. The van der Waals surface area contributed by atoms with Crippen LogP contribution < -0.4 is 10.2 Å². The van der Waals surface area contributed by atoms with Crippen molar-refractivity contribution in [2.24, 2.45) is 0 Å². The van der Waals surface area contributed by atoms with Crippen LogP contribution in [0.3, 0.4) is 0 Å². The quantitative estimate of drug-likeness (QED) is 0.777. The van der Waals surface area contributed by atoms with E-state index in [2.05, 4.69) is 4.98 Å². The second-order valence-corrected chi connectivity index (χ2v) is 5.05. The van der Waals surface area contributed by atoms with Gasteiger partial charge in [0, 0.05) is 23.9 Å². The summed E-state index contributed by atoms with van der Waals surface area (Å²) in [5.41, 5.74) is 1.50. The number of carbonyl (C=O) groups is 1. The molecule has 0 saturated heterocycles. The number of hydrogen-bond donors (Lipinski definition) is 1. The van der Waals surface area contributed by atoms with E-state index in [9.17, 15) is 4.79 Å². The minimum absolute atomic E-state index is 0. The van der Waals surface area contributed by atoms with Gasteiger partial charge in [0.1, 0.15) is 17.1 Å². The van der Waals surface area contributed by atoms with Gasteiger partial charge in [-0.15, -0.1) is 12.4 Å². The van der Waals surface area contributed by atoms with E-state index in [1.54, 1.807) is 49.1 Å². The summed E-state index contributed by atoms with van der Waals surface area (Å²) in [5.74, 6) is 1.24. The van der Waals surface area contributed by atoms with Crippen LogP contribution in [-0.4, -0.2) is 29.1 Å². The Hall–Kier alpha value is -2.18. The Morgan fingerprint density at radius 1 is 1.29 bits per heavy atom. The number of nitrogens with zero attached hydrogens (tertiary/aromatic N) is 2. The standard InChI is InChI=1S/C17H21N3O3.ClH/c1-4-23-11-14-9-19-12(2)20(17(14)18)10-16(21)13-5-7-15(22-3)8-6-13;/h5-9,18H,4,10-11H2,1-3H3;1H. The normalized spacial score (nSPS) is 10.1. The van der Waals surface area contributed by atoms with Crippen LogP contribution in [0, 0.1) is 12.3 Å². The van der Waals surface area contributed by atoms with Crippen molar-refractivity contribution in [3.05, 3.63) is 52.9 Å². The van der Waals surface area contributed by atoms with Gasteiger partial charge < -0.3 is 14.0 Å². The predicted octanol–water partition coefficient (Wildman–Crippen LogP) is 2.52. The van der Waals surface area contributed by atoms with Crippen molar-refractivity contribution in [1.29, 1.82) is 5.41 Å². The number of methoxy groups -OCH3 is 1. The topological polar surface area (TPSA) is 77.2 Å². The lowest BCUT2D eigenvalue weighted by Gasteiger charge is -2.12. The molecule has 7 heteroatoms. The van der Waals surface area contributed by atoms with Crippen molar-refractivity contribution in [1.82, 2.24) is 9.55 Å². The zero-order chi connectivity index (χ0) is 16.8. The van der Waals surface area contributed by atoms with Crippen LogP contribution in [0.25, 0.3) is 0 Å². The van der Waals surface area contributed by atoms with Gasteiger partial charge in [0.2, 0.25) is 0 Å². The minimum atomic E-state index is -0.0791. The third-order valence-corrected chi connectivity index (χ3v) is 3.55. The van der Waals surface area contributed by atoms with Gasteiger partial charge >= 0.3 is 0 Å². The summed E-state index contributed by atoms with van der Waals surface area (Å²) >= 11 is 0. The molecule has 1 aromatic carbocycles. The lowest BCUT2D eigenvalue weighted by atomic mass is 10.1. The molecule has 0 radical (unpaired) electrons. The Morgan fingerprint density at radius 3 is 2.54 bits per heavy atom. The van der Waals surface area contributed by atoms with Gasteiger partial charge in [-0.2, -0.15) is 0 Å². The zero-order valence-corrected chi connectivity index (χ0v) is 14.9. The molecule has 1 aromatic heterocycles. The number of carbonyl (C=O) groups excluding carboxylic acids is 1. The first-order valence-electron chi connectivity index (χ1n) is 7.41. The molecule has 0 aliphatic heterocycles. The number of aromatic nitrogens is 2. The molecule has 0 aliphatic rings. The molecule has 0 fully saturated rings. The number of aryl methyl sites for hydroxylation is 1. The van der Waals surface area contributed by atoms with Crippen LogP contribution in [0.4, 0.5) is 0 Å². The Kier molecular flexibility index (Phi) is 7.61. The van der Waals surface area contributed by atoms with Crippen molar-refractivity contribution in [3.63, 3.8) is 0 Å². The number of ketones is 1. The summed E-state index contributed by atoms with van der Waals surface area (Å²) in [7, 11) is 1.58. The van der Waals surface area contributed by atoms with E-state index in [1.807, 2.05) is 6.92 Å². The van der Waals surface area contributed by atoms with Crippen LogP contribution in [0.15, 0.2) is 30.5 Å². The highest BCUT2D eigenvalue weighted by Crippen LogP contribution is 2.12. The Bertz CT molecular complexity index is 742. The first-order valence-corrected chi connectivity index (χ1v) is 7.41. The summed E-state index contributed by atoms with van der Waals surface area (Å²) in [6, 6.07) is 6.93. The molecule has 24 heavy (non-hydrogen) atoms. The zero-order valence-electron chi connectivity index (χ0n) is 14.0. The van der Waals surface area contributed by atoms with Crippen LogP contribution in [0.5, 0.6) is 5.75 Å². The lowest BCUT2D eigenvalue weighted by Crippen LogP contribution is -2.30. The van der Waals surface area contributed by atoms with E-state index in [0.29, 0.717) is 35.9 Å². The summed E-state index contributed by atoms with van der Waals surface area (Å²) in [6.45, 7) is 4.64. The summed E-state index contributed by atoms with van der Waals surface area (Å²) < 4.78 is 12.0. The van der Waals surface area contributed by atoms with Crippen molar-refractivity contribution in [3.8, 4) is 5.75 Å². The monoisotopic (exact) mass is 351 g/mol. The summed E-state index contributed by atoms with van der Waals surface area (Å²) in [4.78, 5) is 16.7. The number of benzene rings is 1. The second kappa shape index (κ2) is 9.20. The van der Waals surface area contributed by atoms with E-state index in [-0.39, 0.29) is 30.2 Å². The molecule has 0 amide bonds. The molecular weight excluding hydrogens is 330 g/mol. The lowest BCUT2D eigenvalue weighted by molar-refractivity contribution is 0.0967. The van der Waals surface area contributed by atoms with Crippen molar-refractivity contribution in [2.75, 3.05) is 13.7 Å². The molecular formula is C17H22ClN3O3. The van der Waals surface area contributed by atoms with Crippen molar-refractivity contribution in [2.45, 2.75) is 27.0 Å². The Balaban J connectivity index is 0.00000288. The molecule has 0 atom stereocenters. The van der Waals surface area contributed by atoms with Crippen LogP contribution in [0.2, 0.25) is 0 Å². The number of halogens is 1. The first kappa shape index (κ1) is 19.9. The molecule has 2 rings (SSSR count). The van der Waals surface area contributed by atoms with Crippen LogP contribution in [-0.2, 0) is 17.9 Å². The van der Waals surface area contributed by atoms with Gasteiger partial charge in [-0.05, 0) is 38.1 Å². The van der Waals surface area contributed by atoms with E-state index < -0.39 is 0 Å². The maximum Gasteiger partial charge on any atom is 0.182 e. The molecule has 0 spiro atoms. The molecule has 0 saturated carbocycles. The van der Waals surface area contributed by atoms with Gasteiger partial charge in [0.25, 0.3) is 0 Å². The fraction of sp³-hybridized carbons (Fsp3) is 0.353. The molecule has 6 nitrogen and oxygen atoms in total. The smallest absolute Gasteiger partial charge is 0.182 e. The fourth-order valence-electron chi connectivity index (χ4n) is 2.16. The Morgan fingerprint density at radius 2 is 1.96 bits per heavy atom. The average molecular weight is 352 g/mol. The highest BCUT2D eigenvalue weighted by atomic mass is 35.5. The highest BCUT2D eigenvalue weighted by molar-refractivity contribution is 5.96. The largest absolute Gasteiger partial charge is 0.497 e. The van der Waals surface area contributed by atoms with E-state index >= 15 is 0 Å². The van der Waals surface area contributed by atoms with Crippen LogP contribution in [0.1, 0.15) is 28.7 Å². The first-order chi connectivity index (χ1) is 11.1. The van der Waals surface area contributed by atoms with E-state index in [0.717, 1.165) is 0 Å². The molecule has 2 aromatic rings. The fourth-order valence-corrected chi connectivity index (χ4v) is 2.16. The molecule has 1 heterocycles. The van der Waals surface area contributed by atoms with Gasteiger partial charge in [-0.25, -0.2) is 4.98 Å². The predicted molar refractivity (Wildman–Crippen MR) is 92.7 cm³/mol. The molecule has 0 unspecified atom stereocenters. The van der Waals surface area contributed by atoms with E-state index in [1.165, 1.54) is 0 Å². The van der Waals surface area contributed by atoms with Crippen LogP contribution >= 0.6 is 12.4 Å². The van der Waals surface area contributed by atoms with E-state index in [4.69, 9.17) is 14.9 Å². The number of rotatable bonds is 7. The molecule has 130 valence electrons. The van der Waals surface area contributed by atoms with Gasteiger partial charge in [-0.3, -0.25) is 10.2 Å². The second-order valence-electron chi connectivity index (χ2n) is 5.05. The van der Waals surface area contributed by atoms with Crippen molar-refractivity contribution < 1.29 is 14.3 Å². The number of nitrogens with one attached hydrogen (secondary N) is 1. The summed E-state index contributed by atoms with van der Waals surface area (Å²) in [6.07, 6.45) is 1.63. The Labute approximate surface area is 147 Å². The third kappa shape index (κ3) is 4.66. The van der Waals surface area contributed by atoms with Gasteiger partial charge in [0.05, 0.1) is 20.3 Å². The highest BCUT2D eigenvalue weighted by Gasteiger charge is 2.11. The molecule has 1 N–H and O–H groups in total. The minimum Gasteiger partial charge on any atom is -0.497 e. The van der Waals surface area contributed by atoms with Gasteiger partial charge in [0.15, 0.2) is 5.78 Å². The van der Waals surface area contributed by atoms with Crippen molar-refractivity contribution >= 4 is 18.2 Å². The average Bonchev–Trinajstić information content (AvgIpc) is 2.58. The molecule has 0 aliphatic carbocycles. The maximum absolute atomic E-state index is 12.4.